The monoisotopic (exact) mass is 388 g/mol. The zero-order valence-corrected chi connectivity index (χ0v) is 16.5. The Hall–Kier alpha value is -2.67. The number of sulfonamides is 1. The Balaban J connectivity index is 2.12. The van der Waals surface area contributed by atoms with Crippen LogP contribution < -0.4 is 9.62 Å². The Labute approximate surface area is 160 Å². The Morgan fingerprint density at radius 3 is 2.41 bits per heavy atom. The van der Waals surface area contributed by atoms with Crippen molar-refractivity contribution >= 4 is 33.1 Å². The van der Waals surface area contributed by atoms with Crippen LogP contribution in [0.25, 0.3) is 0 Å². The number of benzene rings is 2. The van der Waals surface area contributed by atoms with Gasteiger partial charge in [-0.3, -0.25) is 13.9 Å². The number of nitrogens with one attached hydrogen (secondary N) is 1. The first-order valence-electron chi connectivity index (χ1n) is 8.69. The van der Waals surface area contributed by atoms with E-state index in [0.717, 1.165) is 11.8 Å². The van der Waals surface area contributed by atoms with Crippen molar-refractivity contribution in [3.8, 4) is 0 Å². The van der Waals surface area contributed by atoms with E-state index in [1.807, 2.05) is 19.1 Å². The maximum atomic E-state index is 12.3. The molecule has 0 saturated heterocycles. The molecule has 0 radical (unpaired) electrons. The summed E-state index contributed by atoms with van der Waals surface area (Å²) < 4.78 is 25.8. The molecule has 0 atom stereocenters. The summed E-state index contributed by atoms with van der Waals surface area (Å²) in [6.45, 7) is 3.44. The third-order valence-corrected chi connectivity index (χ3v) is 5.32. The highest BCUT2D eigenvalue weighted by molar-refractivity contribution is 7.92. The first-order valence-corrected chi connectivity index (χ1v) is 10.5. The van der Waals surface area contributed by atoms with Gasteiger partial charge in [0.05, 0.1) is 11.9 Å². The standard InChI is InChI=1S/C20H24N2O4S/c1-4-16-8-5-6-11-19(16)22(27(3,25)26)13-12-20(24)21-18-10-7-9-17(14-18)15(2)23/h5-11,14H,4,12-13H2,1-3H3,(H,21,24). The van der Waals surface area contributed by atoms with Crippen molar-refractivity contribution in [2.45, 2.75) is 26.7 Å². The van der Waals surface area contributed by atoms with Crippen LogP contribution in [0.15, 0.2) is 48.5 Å². The van der Waals surface area contributed by atoms with Crippen molar-refractivity contribution < 1.29 is 18.0 Å². The number of nitrogens with zero attached hydrogens (tertiary/aromatic N) is 1. The largest absolute Gasteiger partial charge is 0.326 e. The van der Waals surface area contributed by atoms with Crippen LogP contribution in [-0.4, -0.2) is 32.9 Å². The highest BCUT2D eigenvalue weighted by Gasteiger charge is 2.20. The van der Waals surface area contributed by atoms with Crippen molar-refractivity contribution in [3.05, 3.63) is 59.7 Å². The predicted molar refractivity (Wildman–Crippen MR) is 108 cm³/mol. The first-order chi connectivity index (χ1) is 12.7. The second kappa shape index (κ2) is 8.81. The number of para-hydroxylation sites is 1. The molecule has 27 heavy (non-hydrogen) atoms. The van der Waals surface area contributed by atoms with Gasteiger partial charge < -0.3 is 5.32 Å². The molecule has 2 aromatic rings. The van der Waals surface area contributed by atoms with Crippen LogP contribution >= 0.6 is 0 Å². The number of ketones is 1. The highest BCUT2D eigenvalue weighted by atomic mass is 32.2. The zero-order chi connectivity index (χ0) is 20.0. The minimum absolute atomic E-state index is 0.00455. The van der Waals surface area contributed by atoms with E-state index < -0.39 is 10.0 Å². The average Bonchev–Trinajstić information content (AvgIpc) is 2.61. The Kier molecular flexibility index (Phi) is 6.74. The third kappa shape index (κ3) is 5.65. The number of Topliss-reactive ketones (excluding diaryl/α,β-unsaturated/α-hetero) is 1. The molecule has 0 unspecified atom stereocenters. The second-order valence-corrected chi connectivity index (χ2v) is 8.16. The summed E-state index contributed by atoms with van der Waals surface area (Å²) in [4.78, 5) is 23.7. The van der Waals surface area contributed by atoms with E-state index >= 15 is 0 Å². The fourth-order valence-corrected chi connectivity index (χ4v) is 3.72. The molecule has 2 aromatic carbocycles. The summed E-state index contributed by atoms with van der Waals surface area (Å²) in [5.74, 6) is -0.413. The fourth-order valence-electron chi connectivity index (χ4n) is 2.76. The second-order valence-electron chi connectivity index (χ2n) is 6.25. The molecule has 0 aliphatic heterocycles. The van der Waals surface area contributed by atoms with Crippen LogP contribution in [0, 0.1) is 0 Å². The van der Waals surface area contributed by atoms with Gasteiger partial charge in [-0.1, -0.05) is 37.3 Å². The molecule has 0 aliphatic rings. The number of anilines is 2. The fraction of sp³-hybridized carbons (Fsp3) is 0.300. The van der Waals surface area contributed by atoms with E-state index in [9.17, 15) is 18.0 Å². The smallest absolute Gasteiger partial charge is 0.232 e. The number of aryl methyl sites for hydroxylation is 1. The van der Waals surface area contributed by atoms with E-state index in [0.29, 0.717) is 23.4 Å². The topological polar surface area (TPSA) is 83.6 Å². The van der Waals surface area contributed by atoms with Crippen LogP contribution in [0.5, 0.6) is 0 Å². The van der Waals surface area contributed by atoms with Gasteiger partial charge in [0.25, 0.3) is 0 Å². The van der Waals surface area contributed by atoms with Crippen molar-refractivity contribution in [1.29, 1.82) is 0 Å². The summed E-state index contributed by atoms with van der Waals surface area (Å²) >= 11 is 0. The molecule has 0 heterocycles. The van der Waals surface area contributed by atoms with Crippen molar-refractivity contribution in [2.75, 3.05) is 22.4 Å². The molecule has 0 aromatic heterocycles. The molecule has 0 aliphatic carbocycles. The van der Waals surface area contributed by atoms with Gasteiger partial charge in [-0.05, 0) is 37.1 Å². The Morgan fingerprint density at radius 1 is 1.07 bits per heavy atom. The number of rotatable bonds is 8. The molecule has 2 rings (SSSR count). The van der Waals surface area contributed by atoms with Crippen LogP contribution in [0.3, 0.4) is 0 Å². The lowest BCUT2D eigenvalue weighted by atomic mass is 10.1. The van der Waals surface area contributed by atoms with Crippen molar-refractivity contribution in [3.63, 3.8) is 0 Å². The molecular weight excluding hydrogens is 364 g/mol. The van der Waals surface area contributed by atoms with Crippen LogP contribution in [0.2, 0.25) is 0 Å². The quantitative estimate of drug-likeness (QED) is 0.704. The summed E-state index contributed by atoms with van der Waals surface area (Å²) in [6, 6.07) is 13.9. The minimum Gasteiger partial charge on any atom is -0.326 e. The Morgan fingerprint density at radius 2 is 1.78 bits per heavy atom. The van der Waals surface area contributed by atoms with E-state index in [-0.39, 0.29) is 24.7 Å². The van der Waals surface area contributed by atoms with Gasteiger partial charge >= 0.3 is 0 Å². The van der Waals surface area contributed by atoms with Gasteiger partial charge in [-0.2, -0.15) is 0 Å². The zero-order valence-electron chi connectivity index (χ0n) is 15.7. The normalized spacial score (nSPS) is 11.1. The van der Waals surface area contributed by atoms with Crippen LogP contribution in [-0.2, 0) is 21.2 Å². The molecule has 1 N–H and O–H groups in total. The van der Waals surface area contributed by atoms with Gasteiger partial charge in [0.1, 0.15) is 0 Å². The minimum atomic E-state index is -3.53. The maximum Gasteiger partial charge on any atom is 0.232 e. The van der Waals surface area contributed by atoms with Crippen LogP contribution in [0.1, 0.15) is 36.2 Å². The number of hydrogen-bond donors (Lipinski definition) is 1. The lowest BCUT2D eigenvalue weighted by molar-refractivity contribution is -0.116. The summed E-state index contributed by atoms with van der Waals surface area (Å²) in [7, 11) is -3.53. The van der Waals surface area contributed by atoms with Crippen LogP contribution in [0.4, 0.5) is 11.4 Å². The van der Waals surface area contributed by atoms with Crippen molar-refractivity contribution in [2.24, 2.45) is 0 Å². The number of amides is 1. The lowest BCUT2D eigenvalue weighted by Crippen LogP contribution is -2.33. The highest BCUT2D eigenvalue weighted by Crippen LogP contribution is 2.23. The van der Waals surface area contributed by atoms with Gasteiger partial charge in [0.15, 0.2) is 5.78 Å². The van der Waals surface area contributed by atoms with E-state index in [4.69, 9.17) is 0 Å². The maximum absolute atomic E-state index is 12.3. The Bertz CT molecular complexity index is 939. The molecule has 6 nitrogen and oxygen atoms in total. The summed E-state index contributed by atoms with van der Waals surface area (Å²) in [5, 5.41) is 2.71. The molecule has 0 bridgehead atoms. The van der Waals surface area contributed by atoms with Gasteiger partial charge in [0, 0.05) is 24.2 Å². The first kappa shape index (κ1) is 20.6. The van der Waals surface area contributed by atoms with Gasteiger partial charge in [0.2, 0.25) is 15.9 Å². The van der Waals surface area contributed by atoms with Crippen molar-refractivity contribution in [1.82, 2.24) is 0 Å². The van der Waals surface area contributed by atoms with E-state index in [1.165, 1.54) is 11.2 Å². The van der Waals surface area contributed by atoms with Gasteiger partial charge in [-0.15, -0.1) is 0 Å². The molecular formula is C20H24N2O4S. The third-order valence-electron chi connectivity index (χ3n) is 4.14. The SMILES string of the molecule is CCc1ccccc1N(CCC(=O)Nc1cccc(C(C)=O)c1)S(C)(=O)=O. The van der Waals surface area contributed by atoms with Gasteiger partial charge in [-0.25, -0.2) is 8.42 Å². The molecule has 0 saturated carbocycles. The molecule has 0 spiro atoms. The molecule has 7 heteroatoms. The summed E-state index contributed by atoms with van der Waals surface area (Å²) in [6.07, 6.45) is 1.81. The molecule has 1 amide bonds. The predicted octanol–water partition coefficient (Wildman–Crippen LogP) is 3.25. The van der Waals surface area contributed by atoms with E-state index in [2.05, 4.69) is 5.32 Å². The van der Waals surface area contributed by atoms with E-state index in [1.54, 1.807) is 36.4 Å². The molecule has 0 fully saturated rings. The molecule has 144 valence electrons. The summed E-state index contributed by atoms with van der Waals surface area (Å²) in [5.41, 5.74) is 2.50. The lowest BCUT2D eigenvalue weighted by Gasteiger charge is -2.24. The number of carbonyl (C=O) groups is 2. The average molecular weight is 388 g/mol. The number of carbonyl (C=O) groups excluding carboxylic acids is 2. The number of hydrogen-bond acceptors (Lipinski definition) is 4.